The van der Waals surface area contributed by atoms with Crippen molar-refractivity contribution in [3.63, 3.8) is 0 Å². The molecule has 0 heterocycles. The van der Waals surface area contributed by atoms with E-state index in [2.05, 4.69) is 5.32 Å². The first-order valence-electron chi connectivity index (χ1n) is 6.84. The molecule has 3 atom stereocenters. The summed E-state index contributed by atoms with van der Waals surface area (Å²) >= 11 is 0. The fourth-order valence-electron chi connectivity index (χ4n) is 3.63. The summed E-state index contributed by atoms with van der Waals surface area (Å²) < 4.78 is 33.2. The molecule has 0 bridgehead atoms. The average Bonchev–Trinajstić information content (AvgIpc) is 3.00. The van der Waals surface area contributed by atoms with Gasteiger partial charge < -0.3 is 10.1 Å². The molecule has 0 spiro atoms. The summed E-state index contributed by atoms with van der Waals surface area (Å²) in [5, 5.41) is 3.10. The van der Waals surface area contributed by atoms with Gasteiger partial charge in [0.2, 0.25) is 0 Å². The highest BCUT2D eigenvalue weighted by molar-refractivity contribution is 5.33. The van der Waals surface area contributed by atoms with Crippen LogP contribution in [0.5, 0.6) is 5.75 Å². The first-order valence-corrected chi connectivity index (χ1v) is 6.84. The molecule has 1 N–H and O–H groups in total. The van der Waals surface area contributed by atoms with Gasteiger partial charge in [-0.1, -0.05) is 0 Å². The van der Waals surface area contributed by atoms with Crippen LogP contribution in [0.4, 0.5) is 8.78 Å². The van der Waals surface area contributed by atoms with Crippen molar-refractivity contribution in [1.29, 1.82) is 0 Å². The van der Waals surface area contributed by atoms with E-state index < -0.39 is 11.6 Å². The minimum absolute atomic E-state index is 0.162. The van der Waals surface area contributed by atoms with Crippen LogP contribution in [0.1, 0.15) is 30.9 Å². The van der Waals surface area contributed by atoms with Crippen LogP contribution in [0.2, 0.25) is 0 Å². The smallest absolute Gasteiger partial charge is 0.134 e. The molecule has 2 nitrogen and oxygen atoms in total. The zero-order chi connectivity index (χ0) is 13.6. The number of rotatable bonds is 4. The van der Waals surface area contributed by atoms with Gasteiger partial charge in [-0.2, -0.15) is 0 Å². The number of hydrogen-bond donors (Lipinski definition) is 1. The molecule has 0 saturated heterocycles. The van der Waals surface area contributed by atoms with E-state index in [0.717, 1.165) is 24.7 Å². The summed E-state index contributed by atoms with van der Waals surface area (Å²) in [5.41, 5.74) is 0.162. The first kappa shape index (κ1) is 12.9. The third-order valence-electron chi connectivity index (χ3n) is 4.66. The number of ether oxygens (including phenoxy) is 1. The lowest BCUT2D eigenvalue weighted by Gasteiger charge is -2.25. The highest BCUT2D eigenvalue weighted by Gasteiger charge is 2.48. The lowest BCUT2D eigenvalue weighted by Crippen LogP contribution is -2.26. The summed E-state index contributed by atoms with van der Waals surface area (Å²) in [7, 11) is 3.19. The second kappa shape index (κ2) is 4.75. The van der Waals surface area contributed by atoms with Crippen molar-refractivity contribution in [3.05, 3.63) is 29.3 Å². The molecule has 19 heavy (non-hydrogen) atoms. The molecule has 0 radical (unpaired) electrons. The van der Waals surface area contributed by atoms with Gasteiger partial charge in [-0.15, -0.1) is 0 Å². The number of benzene rings is 1. The first-order chi connectivity index (χ1) is 9.13. The molecular formula is C15H19F2NO. The Morgan fingerprint density at radius 2 is 1.74 bits per heavy atom. The predicted octanol–water partition coefficient (Wildman–Crippen LogP) is 3.28. The highest BCUT2D eigenvalue weighted by atomic mass is 19.1. The van der Waals surface area contributed by atoms with E-state index >= 15 is 0 Å². The Morgan fingerprint density at radius 3 is 2.21 bits per heavy atom. The van der Waals surface area contributed by atoms with E-state index in [1.807, 2.05) is 0 Å². The van der Waals surface area contributed by atoms with Gasteiger partial charge in [0.25, 0.3) is 0 Å². The van der Waals surface area contributed by atoms with Gasteiger partial charge >= 0.3 is 0 Å². The van der Waals surface area contributed by atoms with E-state index in [-0.39, 0.29) is 17.4 Å². The molecule has 104 valence electrons. The van der Waals surface area contributed by atoms with Crippen LogP contribution in [-0.2, 0) is 0 Å². The maximum absolute atomic E-state index is 14.1. The van der Waals surface area contributed by atoms with Gasteiger partial charge in [0, 0.05) is 23.7 Å². The van der Waals surface area contributed by atoms with Gasteiger partial charge in [0.15, 0.2) is 0 Å². The van der Waals surface area contributed by atoms with E-state index in [0.29, 0.717) is 5.92 Å². The normalized spacial score (nSPS) is 30.0. The van der Waals surface area contributed by atoms with Crippen LogP contribution in [0.15, 0.2) is 12.1 Å². The van der Waals surface area contributed by atoms with Gasteiger partial charge in [-0.05, 0) is 44.1 Å². The number of fused-ring (bicyclic) bond motifs is 1. The Balaban J connectivity index is 1.90. The second-order valence-corrected chi connectivity index (χ2v) is 5.76. The topological polar surface area (TPSA) is 21.3 Å². The number of methoxy groups -OCH3 is 1. The summed E-state index contributed by atoms with van der Waals surface area (Å²) in [5.74, 6) is 1.12. The van der Waals surface area contributed by atoms with Crippen LogP contribution >= 0.6 is 0 Å². The Hall–Kier alpha value is -1.16. The third kappa shape index (κ3) is 2.22. The third-order valence-corrected chi connectivity index (χ3v) is 4.66. The molecule has 0 aliphatic heterocycles. The van der Waals surface area contributed by atoms with Crippen molar-refractivity contribution in [1.82, 2.24) is 5.32 Å². The quantitative estimate of drug-likeness (QED) is 0.904. The van der Waals surface area contributed by atoms with Gasteiger partial charge in [-0.3, -0.25) is 0 Å². The second-order valence-electron chi connectivity index (χ2n) is 5.76. The summed E-state index contributed by atoms with van der Waals surface area (Å²) in [6.45, 7) is 0. The van der Waals surface area contributed by atoms with E-state index in [4.69, 9.17) is 4.74 Å². The zero-order valence-corrected chi connectivity index (χ0v) is 11.2. The molecule has 1 aromatic carbocycles. The Morgan fingerprint density at radius 1 is 1.16 bits per heavy atom. The molecule has 0 aromatic heterocycles. The fraction of sp³-hybridized carbons (Fsp3) is 0.600. The predicted molar refractivity (Wildman–Crippen MR) is 69.0 cm³/mol. The monoisotopic (exact) mass is 267 g/mol. The molecule has 1 aromatic rings. The maximum Gasteiger partial charge on any atom is 0.134 e. The van der Waals surface area contributed by atoms with Crippen molar-refractivity contribution in [2.75, 3.05) is 14.2 Å². The van der Waals surface area contributed by atoms with Crippen LogP contribution in [0.25, 0.3) is 0 Å². The average molecular weight is 267 g/mol. The number of halogens is 2. The fourth-order valence-corrected chi connectivity index (χ4v) is 3.63. The van der Waals surface area contributed by atoms with Crippen molar-refractivity contribution in [2.24, 2.45) is 17.8 Å². The zero-order valence-electron chi connectivity index (χ0n) is 11.2. The Kier molecular flexibility index (Phi) is 3.21. The summed E-state index contributed by atoms with van der Waals surface area (Å²) in [6, 6.07) is 2.29. The standard InChI is InChI=1S/C15H19F2NO/c1-18-15(10-4-8-3-9(8)5-10)14-12(16)6-11(19-2)7-13(14)17/h6-10,15,18H,3-5H2,1-2H3. The van der Waals surface area contributed by atoms with E-state index in [1.165, 1.54) is 25.7 Å². The molecule has 3 unspecified atom stereocenters. The number of hydrogen-bond acceptors (Lipinski definition) is 2. The molecule has 2 aliphatic carbocycles. The van der Waals surface area contributed by atoms with Gasteiger partial charge in [0.05, 0.1) is 7.11 Å². The minimum atomic E-state index is -0.517. The minimum Gasteiger partial charge on any atom is -0.497 e. The van der Waals surface area contributed by atoms with Crippen molar-refractivity contribution in [3.8, 4) is 5.75 Å². The molecule has 4 heteroatoms. The van der Waals surface area contributed by atoms with Gasteiger partial charge in [-0.25, -0.2) is 8.78 Å². The van der Waals surface area contributed by atoms with E-state index in [1.54, 1.807) is 7.05 Å². The molecule has 2 aliphatic rings. The SMILES string of the molecule is CNC(c1c(F)cc(OC)cc1F)C1CC2CC2C1. The van der Waals surface area contributed by atoms with Crippen molar-refractivity contribution < 1.29 is 13.5 Å². The maximum atomic E-state index is 14.1. The lowest BCUT2D eigenvalue weighted by molar-refractivity contribution is 0.336. The van der Waals surface area contributed by atoms with Crippen molar-refractivity contribution in [2.45, 2.75) is 25.3 Å². The van der Waals surface area contributed by atoms with Gasteiger partial charge in [0.1, 0.15) is 17.4 Å². The molecular weight excluding hydrogens is 248 g/mol. The van der Waals surface area contributed by atoms with Crippen molar-refractivity contribution >= 4 is 0 Å². The Bertz CT molecular complexity index is 458. The largest absolute Gasteiger partial charge is 0.497 e. The molecule has 0 amide bonds. The molecule has 2 saturated carbocycles. The number of nitrogens with one attached hydrogen (secondary N) is 1. The Labute approximate surface area is 112 Å². The summed E-state index contributed by atoms with van der Waals surface area (Å²) in [4.78, 5) is 0. The molecule has 3 rings (SSSR count). The molecule has 2 fully saturated rings. The van der Waals surface area contributed by atoms with Crippen LogP contribution in [0, 0.1) is 29.4 Å². The lowest BCUT2D eigenvalue weighted by atomic mass is 9.88. The van der Waals surface area contributed by atoms with Crippen LogP contribution < -0.4 is 10.1 Å². The van der Waals surface area contributed by atoms with Crippen LogP contribution in [0.3, 0.4) is 0 Å². The van der Waals surface area contributed by atoms with Crippen LogP contribution in [-0.4, -0.2) is 14.2 Å². The van der Waals surface area contributed by atoms with E-state index in [9.17, 15) is 8.78 Å². The highest BCUT2D eigenvalue weighted by Crippen LogP contribution is 2.57. The summed E-state index contributed by atoms with van der Waals surface area (Å²) in [6.07, 6.45) is 3.47.